The van der Waals surface area contributed by atoms with Crippen LogP contribution in [0.5, 0.6) is 5.75 Å². The van der Waals surface area contributed by atoms with Crippen molar-refractivity contribution in [2.45, 2.75) is 19.8 Å². The molecule has 0 saturated carbocycles. The lowest BCUT2D eigenvalue weighted by Crippen LogP contribution is -2.22. The number of guanidine groups is 1. The minimum Gasteiger partial charge on any atom is -0.406 e. The first-order valence-electron chi connectivity index (χ1n) is 6.30. The Morgan fingerprint density at radius 3 is 2.39 bits per heavy atom. The number of halogens is 4. The second-order valence-electron chi connectivity index (χ2n) is 4.41. The Bertz CT molecular complexity index is 656. The van der Waals surface area contributed by atoms with Crippen molar-refractivity contribution in [3.63, 3.8) is 0 Å². The van der Waals surface area contributed by atoms with Gasteiger partial charge in [0, 0.05) is 15.4 Å². The van der Waals surface area contributed by atoms with Crippen LogP contribution in [0.1, 0.15) is 9.75 Å². The molecular formula is C14H15F3IN3OS. The normalized spacial score (nSPS) is 11.7. The zero-order valence-corrected chi connectivity index (χ0v) is 15.2. The number of aliphatic imine (C=N–C) groups is 1. The molecule has 0 unspecified atom stereocenters. The van der Waals surface area contributed by atoms with Gasteiger partial charge in [0.15, 0.2) is 5.96 Å². The maximum absolute atomic E-state index is 12.0. The maximum Gasteiger partial charge on any atom is 0.573 e. The van der Waals surface area contributed by atoms with Crippen molar-refractivity contribution in [2.24, 2.45) is 10.7 Å². The van der Waals surface area contributed by atoms with E-state index in [-0.39, 0.29) is 35.7 Å². The largest absolute Gasteiger partial charge is 0.573 e. The maximum atomic E-state index is 12.0. The number of aryl methyl sites for hydroxylation is 1. The SMILES string of the molecule is Cc1ccc(CN=C(N)Nc2ccc(OC(F)(F)F)cc2)s1.I. The van der Waals surface area contributed by atoms with Crippen LogP contribution in [0.15, 0.2) is 41.4 Å². The molecule has 0 aliphatic rings. The molecule has 2 aromatic rings. The summed E-state index contributed by atoms with van der Waals surface area (Å²) in [5.41, 5.74) is 6.26. The van der Waals surface area contributed by atoms with E-state index in [0.29, 0.717) is 12.2 Å². The quantitative estimate of drug-likeness (QED) is 0.404. The Hall–Kier alpha value is -1.49. The molecule has 0 amide bonds. The first-order chi connectivity index (χ1) is 10.3. The van der Waals surface area contributed by atoms with Gasteiger partial charge in [-0.05, 0) is 43.3 Å². The van der Waals surface area contributed by atoms with Gasteiger partial charge in [0.25, 0.3) is 0 Å². The standard InChI is InChI=1S/C14H14F3N3OS.HI/c1-9-2-7-12(22-9)8-19-13(18)20-10-3-5-11(6-4-10)21-14(15,16)17;/h2-7H,8H2,1H3,(H3,18,19,20);1H. The van der Waals surface area contributed by atoms with E-state index < -0.39 is 6.36 Å². The van der Waals surface area contributed by atoms with Crippen molar-refractivity contribution in [1.82, 2.24) is 0 Å². The van der Waals surface area contributed by atoms with Gasteiger partial charge in [0.1, 0.15) is 5.75 Å². The van der Waals surface area contributed by atoms with Gasteiger partial charge in [-0.2, -0.15) is 0 Å². The first-order valence-corrected chi connectivity index (χ1v) is 7.11. The van der Waals surface area contributed by atoms with Crippen molar-refractivity contribution in [1.29, 1.82) is 0 Å². The van der Waals surface area contributed by atoms with Crippen LogP contribution in [0.3, 0.4) is 0 Å². The number of alkyl halides is 3. The van der Waals surface area contributed by atoms with Crippen LogP contribution in [-0.2, 0) is 6.54 Å². The molecule has 0 fully saturated rings. The molecule has 3 N–H and O–H groups in total. The summed E-state index contributed by atoms with van der Waals surface area (Å²) < 4.78 is 39.9. The average molecular weight is 457 g/mol. The van der Waals surface area contributed by atoms with Crippen LogP contribution in [0, 0.1) is 6.92 Å². The van der Waals surface area contributed by atoms with E-state index in [4.69, 9.17) is 5.73 Å². The number of hydrogen-bond acceptors (Lipinski definition) is 3. The van der Waals surface area contributed by atoms with E-state index in [9.17, 15) is 13.2 Å². The summed E-state index contributed by atoms with van der Waals surface area (Å²) in [6, 6.07) is 9.23. The number of nitrogens with zero attached hydrogens (tertiary/aromatic N) is 1. The second kappa shape index (κ2) is 8.39. The predicted octanol–water partition coefficient (Wildman–Crippen LogP) is 4.50. The molecule has 4 nitrogen and oxygen atoms in total. The van der Waals surface area contributed by atoms with Crippen molar-refractivity contribution in [3.05, 3.63) is 46.2 Å². The average Bonchev–Trinajstić information content (AvgIpc) is 2.83. The minimum atomic E-state index is -4.70. The molecule has 1 heterocycles. The fourth-order valence-electron chi connectivity index (χ4n) is 1.66. The third kappa shape index (κ3) is 7.08. The molecule has 23 heavy (non-hydrogen) atoms. The molecule has 0 radical (unpaired) electrons. The van der Waals surface area contributed by atoms with Gasteiger partial charge in [0.05, 0.1) is 6.54 Å². The summed E-state index contributed by atoms with van der Waals surface area (Å²) in [6.45, 7) is 2.46. The van der Waals surface area contributed by atoms with E-state index in [0.717, 1.165) is 4.88 Å². The van der Waals surface area contributed by atoms with Crippen molar-refractivity contribution < 1.29 is 17.9 Å². The highest BCUT2D eigenvalue weighted by Gasteiger charge is 2.30. The second-order valence-corrected chi connectivity index (χ2v) is 5.78. The molecule has 0 aliphatic carbocycles. The van der Waals surface area contributed by atoms with Gasteiger partial charge in [-0.1, -0.05) is 0 Å². The van der Waals surface area contributed by atoms with E-state index in [1.54, 1.807) is 11.3 Å². The summed E-state index contributed by atoms with van der Waals surface area (Å²) >= 11 is 1.63. The lowest BCUT2D eigenvalue weighted by molar-refractivity contribution is -0.274. The number of anilines is 1. The number of thiophene rings is 1. The van der Waals surface area contributed by atoms with Crippen LogP contribution in [-0.4, -0.2) is 12.3 Å². The van der Waals surface area contributed by atoms with Crippen LogP contribution >= 0.6 is 35.3 Å². The van der Waals surface area contributed by atoms with Crippen LogP contribution < -0.4 is 15.8 Å². The highest BCUT2D eigenvalue weighted by Crippen LogP contribution is 2.23. The van der Waals surface area contributed by atoms with Crippen LogP contribution in [0.25, 0.3) is 0 Å². The number of nitrogens with two attached hydrogens (primary N) is 1. The smallest absolute Gasteiger partial charge is 0.406 e. The third-order valence-corrected chi connectivity index (χ3v) is 3.55. The molecule has 0 saturated heterocycles. The van der Waals surface area contributed by atoms with Gasteiger partial charge >= 0.3 is 6.36 Å². The zero-order chi connectivity index (χ0) is 16.2. The molecule has 2 rings (SSSR count). The third-order valence-electron chi connectivity index (χ3n) is 2.56. The molecule has 0 atom stereocenters. The summed E-state index contributed by atoms with van der Waals surface area (Å²) in [6.07, 6.45) is -4.70. The number of ether oxygens (including phenoxy) is 1. The Morgan fingerprint density at radius 1 is 1.22 bits per heavy atom. The van der Waals surface area contributed by atoms with Crippen molar-refractivity contribution in [2.75, 3.05) is 5.32 Å². The van der Waals surface area contributed by atoms with Gasteiger partial charge in [-0.3, -0.25) is 0 Å². The van der Waals surface area contributed by atoms with E-state index in [1.165, 1.54) is 29.1 Å². The van der Waals surface area contributed by atoms with Gasteiger partial charge in [-0.25, -0.2) is 4.99 Å². The summed E-state index contributed by atoms with van der Waals surface area (Å²) in [7, 11) is 0. The molecule has 1 aromatic heterocycles. The fourth-order valence-corrected chi connectivity index (χ4v) is 2.48. The Kier molecular flexibility index (Phi) is 7.13. The van der Waals surface area contributed by atoms with Crippen molar-refractivity contribution in [3.8, 4) is 5.75 Å². The first kappa shape index (κ1) is 19.6. The van der Waals surface area contributed by atoms with Crippen LogP contribution in [0.2, 0.25) is 0 Å². The van der Waals surface area contributed by atoms with E-state index in [2.05, 4.69) is 15.0 Å². The number of hydrogen-bond donors (Lipinski definition) is 2. The van der Waals surface area contributed by atoms with Crippen LogP contribution in [0.4, 0.5) is 18.9 Å². The minimum absolute atomic E-state index is 0. The molecule has 126 valence electrons. The number of rotatable bonds is 4. The van der Waals surface area contributed by atoms with Gasteiger partial charge in [-0.15, -0.1) is 48.5 Å². The van der Waals surface area contributed by atoms with E-state index >= 15 is 0 Å². The van der Waals surface area contributed by atoms with E-state index in [1.807, 2.05) is 19.1 Å². The Balaban J connectivity index is 0.00000264. The van der Waals surface area contributed by atoms with Crippen molar-refractivity contribution >= 4 is 47.0 Å². The fraction of sp³-hybridized carbons (Fsp3) is 0.214. The summed E-state index contributed by atoms with van der Waals surface area (Å²) in [5, 5.41) is 2.80. The molecule has 0 spiro atoms. The number of benzene rings is 1. The summed E-state index contributed by atoms with van der Waals surface area (Å²) in [4.78, 5) is 6.44. The monoisotopic (exact) mass is 457 g/mol. The number of nitrogens with one attached hydrogen (secondary N) is 1. The predicted molar refractivity (Wildman–Crippen MR) is 96.5 cm³/mol. The highest BCUT2D eigenvalue weighted by molar-refractivity contribution is 14.0. The molecule has 0 aliphatic heterocycles. The zero-order valence-electron chi connectivity index (χ0n) is 12.1. The molecule has 0 bridgehead atoms. The van der Waals surface area contributed by atoms with Gasteiger partial charge in [0.2, 0.25) is 0 Å². The topological polar surface area (TPSA) is 59.6 Å². The Labute approximate surface area is 152 Å². The highest BCUT2D eigenvalue weighted by atomic mass is 127. The lowest BCUT2D eigenvalue weighted by Gasteiger charge is -2.10. The summed E-state index contributed by atoms with van der Waals surface area (Å²) in [5.74, 6) is -0.0989. The Morgan fingerprint density at radius 2 is 1.87 bits per heavy atom. The lowest BCUT2D eigenvalue weighted by atomic mass is 10.3. The molecular weight excluding hydrogens is 442 g/mol. The molecule has 9 heteroatoms. The van der Waals surface area contributed by atoms with Gasteiger partial charge < -0.3 is 15.8 Å². The molecule has 1 aromatic carbocycles.